The van der Waals surface area contributed by atoms with Crippen LogP contribution in [-0.4, -0.2) is 42.6 Å². The maximum Gasteiger partial charge on any atom is 0.197 e. The molecule has 3 aromatic rings. The quantitative estimate of drug-likeness (QED) is 0.0768. The van der Waals surface area contributed by atoms with E-state index in [0.717, 1.165) is 68.9 Å². The number of hydrogen-bond acceptors (Lipinski definition) is 6. The van der Waals surface area contributed by atoms with Gasteiger partial charge in [0, 0.05) is 41.3 Å². The van der Waals surface area contributed by atoms with E-state index in [9.17, 15) is 20.4 Å². The molecule has 1 aliphatic rings. The third-order valence-electron chi connectivity index (χ3n) is 9.79. The summed E-state index contributed by atoms with van der Waals surface area (Å²) < 4.78 is 3.29. The van der Waals surface area contributed by atoms with Crippen LogP contribution < -0.4 is 11.5 Å². The maximum absolute atomic E-state index is 12.0. The number of nitrogens with zero attached hydrogens (tertiary/aromatic N) is 2. The summed E-state index contributed by atoms with van der Waals surface area (Å²) in [5.41, 5.74) is 15.3. The zero-order valence-corrected chi connectivity index (χ0v) is 27.9. The second kappa shape index (κ2) is 17.3. The molecule has 0 aliphatic heterocycles. The van der Waals surface area contributed by atoms with Gasteiger partial charge in [0.05, 0.1) is 0 Å². The fourth-order valence-electron chi connectivity index (χ4n) is 7.02. The van der Waals surface area contributed by atoms with E-state index in [2.05, 4.69) is 31.2 Å². The van der Waals surface area contributed by atoms with Crippen LogP contribution in [-0.2, 0) is 25.9 Å². The van der Waals surface area contributed by atoms with E-state index in [0.29, 0.717) is 50.1 Å². The predicted octanol–water partition coefficient (Wildman–Crippen LogP) is 7.26. The SMILES string of the molecule is Cc1c(CC(c2c(CC(C)c3ccccc3)c(O)n(CCCCCCN)c2O)C2C=CC=CC2)c(O)n(CCCCCCN)c1O. The Morgan fingerprint density at radius 3 is 1.89 bits per heavy atom. The number of aromatic nitrogens is 2. The van der Waals surface area contributed by atoms with E-state index >= 15 is 0 Å². The Morgan fingerprint density at radius 1 is 0.717 bits per heavy atom. The van der Waals surface area contributed by atoms with E-state index in [1.807, 2.05) is 37.3 Å². The smallest absolute Gasteiger partial charge is 0.197 e. The number of nitrogens with two attached hydrogens (primary N) is 2. The molecule has 0 radical (unpaired) electrons. The molecule has 0 fully saturated rings. The van der Waals surface area contributed by atoms with Gasteiger partial charge in [0.25, 0.3) is 0 Å². The first-order valence-corrected chi connectivity index (χ1v) is 17.3. The summed E-state index contributed by atoms with van der Waals surface area (Å²) in [5, 5.41) is 46.3. The van der Waals surface area contributed by atoms with Gasteiger partial charge in [0.1, 0.15) is 0 Å². The first-order valence-electron chi connectivity index (χ1n) is 17.3. The number of rotatable bonds is 19. The van der Waals surface area contributed by atoms with Crippen LogP contribution in [0.25, 0.3) is 0 Å². The van der Waals surface area contributed by atoms with Gasteiger partial charge in [-0.3, -0.25) is 9.13 Å². The molecule has 3 unspecified atom stereocenters. The molecule has 0 bridgehead atoms. The molecule has 8 nitrogen and oxygen atoms in total. The van der Waals surface area contributed by atoms with Crippen molar-refractivity contribution in [1.29, 1.82) is 0 Å². The molecule has 8 heteroatoms. The Hall–Kier alpha value is -3.62. The zero-order valence-electron chi connectivity index (χ0n) is 27.9. The highest BCUT2D eigenvalue weighted by atomic mass is 16.3. The molecular weight excluding hydrogens is 576 g/mol. The minimum atomic E-state index is -0.243. The highest BCUT2D eigenvalue weighted by Gasteiger charge is 2.35. The van der Waals surface area contributed by atoms with Crippen LogP contribution in [0.15, 0.2) is 54.6 Å². The molecule has 0 spiro atoms. The molecule has 4 rings (SSSR count). The van der Waals surface area contributed by atoms with Gasteiger partial charge in [0.15, 0.2) is 23.5 Å². The van der Waals surface area contributed by atoms with Crippen LogP contribution in [0.4, 0.5) is 0 Å². The number of allylic oxidation sites excluding steroid dienone is 4. The molecule has 1 aromatic carbocycles. The van der Waals surface area contributed by atoms with Gasteiger partial charge in [-0.05, 0) is 82.4 Å². The van der Waals surface area contributed by atoms with Crippen LogP contribution in [0, 0.1) is 12.8 Å². The van der Waals surface area contributed by atoms with Gasteiger partial charge in [-0.25, -0.2) is 0 Å². The Kier molecular flexibility index (Phi) is 13.3. The Balaban J connectivity index is 1.74. The Morgan fingerprint density at radius 2 is 1.30 bits per heavy atom. The lowest BCUT2D eigenvalue weighted by Crippen LogP contribution is -2.17. The number of aromatic hydroxyl groups is 4. The number of unbranched alkanes of at least 4 members (excludes halogenated alkanes) is 6. The molecule has 8 N–H and O–H groups in total. The third kappa shape index (κ3) is 8.39. The summed E-state index contributed by atoms with van der Waals surface area (Å²) in [6.07, 6.45) is 17.6. The largest absolute Gasteiger partial charge is 0.494 e. The average molecular weight is 633 g/mol. The minimum Gasteiger partial charge on any atom is -0.494 e. The second-order valence-corrected chi connectivity index (χ2v) is 13.0. The van der Waals surface area contributed by atoms with Crippen molar-refractivity contribution in [3.8, 4) is 23.5 Å². The number of hydrogen-bond donors (Lipinski definition) is 6. The van der Waals surface area contributed by atoms with Crippen molar-refractivity contribution >= 4 is 0 Å². The van der Waals surface area contributed by atoms with Crippen LogP contribution in [0.2, 0.25) is 0 Å². The summed E-state index contributed by atoms with van der Waals surface area (Å²) in [6, 6.07) is 10.3. The first kappa shape index (κ1) is 35.2. The summed E-state index contributed by atoms with van der Waals surface area (Å²) in [6.45, 7) is 6.36. The molecule has 3 atom stereocenters. The zero-order chi connectivity index (χ0) is 33.1. The molecule has 0 saturated heterocycles. The van der Waals surface area contributed by atoms with Crippen molar-refractivity contribution in [2.75, 3.05) is 13.1 Å². The molecule has 1 aliphatic carbocycles. The molecule has 0 saturated carbocycles. The van der Waals surface area contributed by atoms with E-state index in [4.69, 9.17) is 11.5 Å². The molecule has 46 heavy (non-hydrogen) atoms. The van der Waals surface area contributed by atoms with Crippen LogP contribution in [0.1, 0.15) is 104 Å². The van der Waals surface area contributed by atoms with Gasteiger partial charge >= 0.3 is 0 Å². The highest BCUT2D eigenvalue weighted by molar-refractivity contribution is 5.52. The van der Waals surface area contributed by atoms with Gasteiger partial charge in [-0.2, -0.15) is 0 Å². The highest BCUT2D eigenvalue weighted by Crippen LogP contribution is 2.48. The summed E-state index contributed by atoms with van der Waals surface area (Å²) in [5.74, 6) is 0.275. The Bertz CT molecular complexity index is 1440. The van der Waals surface area contributed by atoms with E-state index in [-0.39, 0.29) is 41.3 Å². The monoisotopic (exact) mass is 632 g/mol. The molecular formula is C38H56N4O4. The van der Waals surface area contributed by atoms with E-state index in [1.54, 1.807) is 9.13 Å². The topological polar surface area (TPSA) is 143 Å². The first-order chi connectivity index (χ1) is 22.3. The van der Waals surface area contributed by atoms with Gasteiger partial charge < -0.3 is 31.9 Å². The van der Waals surface area contributed by atoms with Crippen molar-refractivity contribution < 1.29 is 20.4 Å². The van der Waals surface area contributed by atoms with Gasteiger partial charge in [-0.15, -0.1) is 0 Å². The van der Waals surface area contributed by atoms with Crippen molar-refractivity contribution in [3.05, 3.63) is 82.5 Å². The predicted molar refractivity (Wildman–Crippen MR) is 187 cm³/mol. The fourth-order valence-corrected chi connectivity index (χ4v) is 7.02. The normalized spacial score (nSPS) is 15.9. The van der Waals surface area contributed by atoms with Crippen LogP contribution >= 0.6 is 0 Å². The summed E-state index contributed by atoms with van der Waals surface area (Å²) in [7, 11) is 0. The van der Waals surface area contributed by atoms with Crippen molar-refractivity contribution in [2.45, 2.75) is 109 Å². The summed E-state index contributed by atoms with van der Waals surface area (Å²) in [4.78, 5) is 0. The standard InChI is InChI=1S/C38H56N4O4/c1-27(29-17-9-7-10-18-29)25-33-34(38(46)42(37(33)45)24-16-6-4-14-22-40)32(30-19-11-8-12-20-30)26-31-28(2)35(43)41(36(31)44)23-15-5-3-13-21-39/h7-12,17-19,27,30,32,43-46H,3-6,13-16,20-26,39-40H2,1-2H3. The molecule has 2 aromatic heterocycles. The number of benzene rings is 1. The van der Waals surface area contributed by atoms with Crippen molar-refractivity contribution in [1.82, 2.24) is 9.13 Å². The van der Waals surface area contributed by atoms with Crippen LogP contribution in [0.5, 0.6) is 23.5 Å². The van der Waals surface area contributed by atoms with Gasteiger partial charge in [-0.1, -0.05) is 87.2 Å². The lowest BCUT2D eigenvalue weighted by molar-refractivity contribution is 0.352. The average Bonchev–Trinajstić information content (AvgIpc) is 3.42. The van der Waals surface area contributed by atoms with Crippen molar-refractivity contribution in [3.63, 3.8) is 0 Å². The molecule has 2 heterocycles. The second-order valence-electron chi connectivity index (χ2n) is 13.0. The molecule has 252 valence electrons. The summed E-state index contributed by atoms with van der Waals surface area (Å²) >= 11 is 0. The van der Waals surface area contributed by atoms with Crippen LogP contribution in [0.3, 0.4) is 0 Å². The van der Waals surface area contributed by atoms with Gasteiger partial charge in [0.2, 0.25) is 0 Å². The lowest BCUT2D eigenvalue weighted by Gasteiger charge is -2.27. The van der Waals surface area contributed by atoms with E-state index < -0.39 is 0 Å². The Labute approximate surface area is 275 Å². The minimum absolute atomic E-state index is 0.0297. The molecule has 0 amide bonds. The lowest BCUT2D eigenvalue weighted by atomic mass is 9.76. The van der Waals surface area contributed by atoms with Crippen molar-refractivity contribution in [2.24, 2.45) is 17.4 Å². The third-order valence-corrected chi connectivity index (χ3v) is 9.79. The maximum atomic E-state index is 12.0. The fraction of sp³-hybridized carbons (Fsp3) is 0.526. The van der Waals surface area contributed by atoms with E-state index in [1.165, 1.54) is 5.56 Å².